The number of hydrogen-bond acceptors (Lipinski definition) is 5. The molecular weight excluding hydrogens is 260 g/mol. The van der Waals surface area contributed by atoms with Crippen LogP contribution < -0.4 is 0 Å². The highest BCUT2D eigenvalue weighted by Crippen LogP contribution is 2.19. The lowest BCUT2D eigenvalue weighted by Crippen LogP contribution is -2.35. The van der Waals surface area contributed by atoms with Gasteiger partial charge in [0.1, 0.15) is 11.5 Å². The molecule has 1 aromatic rings. The van der Waals surface area contributed by atoms with E-state index in [1.54, 1.807) is 18.2 Å². The molecule has 1 N–H and O–H groups in total. The number of phenolic OH excluding ortho intramolecular Hbond substituents is 1. The molecule has 0 aliphatic carbocycles. The van der Waals surface area contributed by atoms with Gasteiger partial charge in [-0.25, -0.2) is 0 Å². The highest BCUT2D eigenvalue weighted by atomic mass is 16.5. The van der Waals surface area contributed by atoms with Gasteiger partial charge in [0.25, 0.3) is 0 Å². The Bertz CT molecular complexity index is 600. The lowest BCUT2D eigenvalue weighted by atomic mass is 9.92. The molecule has 1 aromatic carbocycles. The van der Waals surface area contributed by atoms with Crippen LogP contribution in [0.25, 0.3) is 0 Å². The molecule has 0 spiro atoms. The van der Waals surface area contributed by atoms with Crippen LogP contribution in [-0.4, -0.2) is 22.6 Å². The largest absolute Gasteiger partial charge is 0.508 e. The summed E-state index contributed by atoms with van der Waals surface area (Å²) in [5.74, 6) is -2.84. The second kappa shape index (κ2) is 5.69. The summed E-state index contributed by atoms with van der Waals surface area (Å²) >= 11 is 0. The number of benzene rings is 1. The predicted octanol–water partition coefficient (Wildman–Crippen LogP) is 1.54. The Labute approximate surface area is 115 Å². The van der Waals surface area contributed by atoms with Crippen molar-refractivity contribution in [2.45, 2.75) is 19.8 Å². The predicted molar refractivity (Wildman–Crippen MR) is 69.8 cm³/mol. The van der Waals surface area contributed by atoms with Crippen LogP contribution in [0.3, 0.4) is 0 Å². The monoisotopic (exact) mass is 274 g/mol. The molecule has 104 valence electrons. The summed E-state index contributed by atoms with van der Waals surface area (Å²) in [6.07, 6.45) is 1.56. The van der Waals surface area contributed by atoms with E-state index < -0.39 is 23.5 Å². The molecule has 5 nitrogen and oxygen atoms in total. The summed E-state index contributed by atoms with van der Waals surface area (Å²) in [7, 11) is 0. The Morgan fingerprint density at radius 1 is 1.35 bits per heavy atom. The van der Waals surface area contributed by atoms with Gasteiger partial charge in [0.2, 0.25) is 0 Å². The molecule has 1 atom stereocenters. The number of cyclic esters (lactones) is 1. The molecule has 0 aromatic heterocycles. The number of rotatable bonds is 4. The minimum absolute atomic E-state index is 0.0435. The van der Waals surface area contributed by atoms with Crippen LogP contribution in [0.5, 0.6) is 5.75 Å². The molecule has 0 radical (unpaired) electrons. The Kier molecular flexibility index (Phi) is 3.98. The van der Waals surface area contributed by atoms with E-state index in [-0.39, 0.29) is 17.9 Å². The van der Waals surface area contributed by atoms with Crippen LogP contribution >= 0.6 is 0 Å². The molecule has 0 amide bonds. The average molecular weight is 274 g/mol. The first kappa shape index (κ1) is 14.0. The maximum absolute atomic E-state index is 12.0. The normalized spacial score (nSPS) is 18.4. The van der Waals surface area contributed by atoms with Crippen molar-refractivity contribution in [3.05, 3.63) is 41.7 Å². The summed E-state index contributed by atoms with van der Waals surface area (Å²) in [5, 5.41) is 9.32. The number of hydrogen-bond donors (Lipinski definition) is 1. The van der Waals surface area contributed by atoms with Crippen molar-refractivity contribution in [1.82, 2.24) is 0 Å². The first-order valence-corrected chi connectivity index (χ1v) is 6.22. The Morgan fingerprint density at radius 2 is 2.10 bits per heavy atom. The van der Waals surface area contributed by atoms with Crippen molar-refractivity contribution >= 4 is 17.5 Å². The van der Waals surface area contributed by atoms with E-state index in [1.807, 2.05) is 0 Å². The Hall–Kier alpha value is -2.43. The van der Waals surface area contributed by atoms with Crippen LogP contribution in [0, 0.1) is 5.92 Å². The third kappa shape index (κ3) is 3.12. The first-order valence-electron chi connectivity index (χ1n) is 6.22. The van der Waals surface area contributed by atoms with Gasteiger partial charge in [-0.2, -0.15) is 0 Å². The molecular formula is C15H14O5. The van der Waals surface area contributed by atoms with Crippen LogP contribution in [0.2, 0.25) is 0 Å². The van der Waals surface area contributed by atoms with Gasteiger partial charge in [-0.1, -0.05) is 12.1 Å². The molecule has 1 aliphatic rings. The maximum Gasteiger partial charge on any atom is 0.329 e. The van der Waals surface area contributed by atoms with Gasteiger partial charge in [0, 0.05) is 12.5 Å². The van der Waals surface area contributed by atoms with Gasteiger partial charge in [-0.15, -0.1) is 0 Å². The molecule has 0 saturated heterocycles. The van der Waals surface area contributed by atoms with Gasteiger partial charge in [0.15, 0.2) is 17.5 Å². The van der Waals surface area contributed by atoms with Crippen LogP contribution in [0.1, 0.15) is 18.9 Å². The number of allylic oxidation sites excluding steroid dienone is 2. The molecule has 0 bridgehead atoms. The van der Waals surface area contributed by atoms with Crippen molar-refractivity contribution in [2.24, 2.45) is 5.92 Å². The molecule has 20 heavy (non-hydrogen) atoms. The summed E-state index contributed by atoms with van der Waals surface area (Å²) in [4.78, 5) is 35.2. The zero-order valence-corrected chi connectivity index (χ0v) is 11.0. The van der Waals surface area contributed by atoms with Crippen LogP contribution in [-0.2, 0) is 25.5 Å². The molecule has 1 aliphatic heterocycles. The van der Waals surface area contributed by atoms with Crippen molar-refractivity contribution in [3.8, 4) is 5.75 Å². The van der Waals surface area contributed by atoms with Crippen LogP contribution in [0.15, 0.2) is 36.1 Å². The first-order chi connectivity index (χ1) is 9.47. The summed E-state index contributed by atoms with van der Waals surface area (Å²) < 4.78 is 4.80. The second-order valence-electron chi connectivity index (χ2n) is 4.65. The van der Waals surface area contributed by atoms with E-state index in [4.69, 9.17) is 4.74 Å². The quantitative estimate of drug-likeness (QED) is 0.665. The van der Waals surface area contributed by atoms with Crippen molar-refractivity contribution in [1.29, 1.82) is 0 Å². The van der Waals surface area contributed by atoms with E-state index in [0.29, 0.717) is 6.42 Å². The minimum Gasteiger partial charge on any atom is -0.508 e. The van der Waals surface area contributed by atoms with E-state index in [0.717, 1.165) is 11.6 Å². The topological polar surface area (TPSA) is 80.7 Å². The number of Topliss-reactive ketones (excluding diaryl/α,β-unsaturated/α-hetero) is 1. The van der Waals surface area contributed by atoms with Crippen LogP contribution in [0.4, 0.5) is 0 Å². The SMILES string of the molecule is CC1=CC(=O)[C@@H](C(=O)CCc2cccc(O)c2)C(=O)O1. The van der Waals surface area contributed by atoms with Gasteiger partial charge in [0.05, 0.1) is 0 Å². The summed E-state index contributed by atoms with van der Waals surface area (Å²) in [6.45, 7) is 1.49. The fourth-order valence-corrected chi connectivity index (χ4v) is 2.06. The van der Waals surface area contributed by atoms with Gasteiger partial charge in [-0.05, 0) is 31.0 Å². The van der Waals surface area contributed by atoms with E-state index >= 15 is 0 Å². The maximum atomic E-state index is 12.0. The number of carbonyl (C=O) groups excluding carboxylic acids is 3. The molecule has 5 heteroatoms. The standard InChI is InChI=1S/C15H14O5/c1-9-7-13(18)14(15(19)20-9)12(17)6-5-10-3-2-4-11(16)8-10/h2-4,7-8,14,16H,5-6H2,1H3/t14-/m1/s1. The molecule has 0 fully saturated rings. The van der Waals surface area contributed by atoms with Crippen molar-refractivity contribution in [3.63, 3.8) is 0 Å². The van der Waals surface area contributed by atoms with Crippen molar-refractivity contribution < 1.29 is 24.2 Å². The Morgan fingerprint density at radius 3 is 2.75 bits per heavy atom. The second-order valence-corrected chi connectivity index (χ2v) is 4.65. The lowest BCUT2D eigenvalue weighted by molar-refractivity contribution is -0.152. The van der Waals surface area contributed by atoms with E-state index in [2.05, 4.69) is 0 Å². The van der Waals surface area contributed by atoms with Crippen molar-refractivity contribution in [2.75, 3.05) is 0 Å². The molecule has 1 heterocycles. The highest BCUT2D eigenvalue weighted by molar-refractivity contribution is 6.22. The summed E-state index contributed by atoms with van der Waals surface area (Å²) in [5.41, 5.74) is 0.765. The third-order valence-electron chi connectivity index (χ3n) is 3.02. The summed E-state index contributed by atoms with van der Waals surface area (Å²) in [6, 6.07) is 6.50. The lowest BCUT2D eigenvalue weighted by Gasteiger charge is -2.17. The number of aryl methyl sites for hydroxylation is 1. The smallest absolute Gasteiger partial charge is 0.329 e. The average Bonchev–Trinajstić information content (AvgIpc) is 2.35. The zero-order valence-electron chi connectivity index (χ0n) is 11.0. The minimum atomic E-state index is -1.35. The number of esters is 1. The fourth-order valence-electron chi connectivity index (χ4n) is 2.06. The number of ketones is 2. The third-order valence-corrected chi connectivity index (χ3v) is 3.02. The number of ether oxygens (including phenoxy) is 1. The number of aromatic hydroxyl groups is 1. The number of carbonyl (C=O) groups is 3. The highest BCUT2D eigenvalue weighted by Gasteiger charge is 2.36. The molecule has 0 unspecified atom stereocenters. The number of phenols is 1. The Balaban J connectivity index is 2.02. The zero-order chi connectivity index (χ0) is 14.7. The van der Waals surface area contributed by atoms with E-state index in [9.17, 15) is 19.5 Å². The van der Waals surface area contributed by atoms with Gasteiger partial charge < -0.3 is 9.84 Å². The van der Waals surface area contributed by atoms with Gasteiger partial charge in [-0.3, -0.25) is 14.4 Å². The fraction of sp³-hybridized carbons (Fsp3) is 0.267. The molecule has 2 rings (SSSR count). The van der Waals surface area contributed by atoms with E-state index in [1.165, 1.54) is 13.0 Å². The van der Waals surface area contributed by atoms with Gasteiger partial charge >= 0.3 is 5.97 Å². The molecule has 0 saturated carbocycles.